The van der Waals surface area contributed by atoms with E-state index in [1.165, 1.54) is 166 Å². The average Bonchev–Trinajstić information content (AvgIpc) is 2.36. The third kappa shape index (κ3) is 4.69. The van der Waals surface area contributed by atoms with Crippen molar-refractivity contribution in [2.45, 2.75) is 45.4 Å². The van der Waals surface area contributed by atoms with Crippen LogP contribution in [0.5, 0.6) is 0 Å². The molecule has 7 aliphatic rings. The minimum atomic E-state index is -0.168. The number of benzene rings is 10. The summed E-state index contributed by atoms with van der Waals surface area (Å²) in [4.78, 5) is 5.21. The van der Waals surface area contributed by atoms with Crippen molar-refractivity contribution in [1.82, 2.24) is 13.7 Å². The molecule has 374 valence electrons. The highest BCUT2D eigenvalue weighted by Crippen LogP contribution is 2.56. The second-order valence-electron chi connectivity index (χ2n) is 25.2. The minimum Gasteiger partial charge on any atom is -0.314 e. The lowest BCUT2D eigenvalue weighted by Gasteiger charge is -2.50. The third-order valence-corrected chi connectivity index (χ3v) is 20.9. The van der Waals surface area contributed by atoms with E-state index < -0.39 is 0 Å². The molecule has 2 unspecified atom stereocenters. The van der Waals surface area contributed by atoms with Gasteiger partial charge < -0.3 is 23.5 Å². The molecule has 9 heterocycles. The first-order valence-corrected chi connectivity index (χ1v) is 28.9. The fraction of sp³-hybridized carbons (Fsp3) is 0.123. The number of aromatic nitrogens is 3. The number of hydrogen-bond acceptors (Lipinski definition) is 2. The molecule has 5 nitrogen and oxygen atoms in total. The highest BCUT2D eigenvalue weighted by molar-refractivity contribution is 7.04. The van der Waals surface area contributed by atoms with E-state index in [4.69, 9.17) is 0 Å². The van der Waals surface area contributed by atoms with Gasteiger partial charge in [-0.3, -0.25) is 0 Å². The molecule has 0 amide bonds. The van der Waals surface area contributed by atoms with Gasteiger partial charge in [0.05, 0.1) is 22.4 Å². The number of nitrogens with zero attached hydrogens (tertiary/aromatic N) is 5. The SMILES string of the molecule is CC1C=CC=C2C1C(C)(C)c1ccccc1N2c1cc2c3c(c1)c1cc(N4c5ccccc5C(C)(C)c5ccccc54)ccc1n3-c1cc3c4c5c1B2c1cccc2c6cccc(c6n-5c12)B4c1cccc2c4ccccc4n-3c12. The summed E-state index contributed by atoms with van der Waals surface area (Å²) in [7, 11) is 0. The topological polar surface area (TPSA) is 21.3 Å². The van der Waals surface area contributed by atoms with Crippen LogP contribution in [-0.2, 0) is 10.8 Å². The normalized spacial score (nSPS) is 18.4. The second kappa shape index (κ2) is 14.0. The van der Waals surface area contributed by atoms with E-state index in [-0.39, 0.29) is 30.2 Å². The molecule has 7 heteroatoms. The minimum absolute atomic E-state index is 0.0418. The number of rotatable bonds is 2. The Kier molecular flexibility index (Phi) is 7.47. The van der Waals surface area contributed by atoms with E-state index >= 15 is 0 Å². The van der Waals surface area contributed by atoms with E-state index in [0.717, 1.165) is 0 Å². The van der Waals surface area contributed by atoms with E-state index in [1.807, 2.05) is 0 Å². The van der Waals surface area contributed by atoms with Crippen molar-refractivity contribution >= 4 is 140 Å². The molecule has 13 aromatic rings. The van der Waals surface area contributed by atoms with Gasteiger partial charge in [-0.2, -0.15) is 0 Å². The lowest BCUT2D eigenvalue weighted by atomic mass is 9.30. The van der Waals surface area contributed by atoms with Crippen molar-refractivity contribution in [2.75, 3.05) is 9.80 Å². The molecule has 20 rings (SSSR count). The summed E-state index contributed by atoms with van der Waals surface area (Å²) < 4.78 is 8.10. The summed E-state index contributed by atoms with van der Waals surface area (Å²) in [5.41, 5.74) is 31.4. The Morgan fingerprint density at radius 1 is 0.400 bits per heavy atom. The lowest BCUT2D eigenvalue weighted by molar-refractivity contribution is 0.289. The molecular weight excluding hydrogens is 968 g/mol. The Bertz CT molecular complexity index is 5160. The number of hydrogen-bond donors (Lipinski definition) is 0. The number of allylic oxidation sites excluding steroid dienone is 4. The molecule has 0 saturated heterocycles. The van der Waals surface area contributed by atoms with Crippen LogP contribution in [0.3, 0.4) is 0 Å². The first kappa shape index (κ1) is 42.8. The molecule has 0 fully saturated rings. The van der Waals surface area contributed by atoms with Crippen LogP contribution in [0.2, 0.25) is 0 Å². The first-order valence-electron chi connectivity index (χ1n) is 28.9. The summed E-state index contributed by atoms with van der Waals surface area (Å²) >= 11 is 0. The molecular formula is C73H51B2N5. The van der Waals surface area contributed by atoms with Crippen LogP contribution >= 0.6 is 0 Å². The maximum absolute atomic E-state index is 2.74. The van der Waals surface area contributed by atoms with E-state index in [2.05, 4.69) is 264 Å². The Morgan fingerprint density at radius 2 is 0.912 bits per heavy atom. The van der Waals surface area contributed by atoms with Gasteiger partial charge in [0, 0.05) is 111 Å². The van der Waals surface area contributed by atoms with Gasteiger partial charge in [0.15, 0.2) is 0 Å². The predicted molar refractivity (Wildman–Crippen MR) is 337 cm³/mol. The van der Waals surface area contributed by atoms with Crippen LogP contribution in [0, 0.1) is 11.8 Å². The number of para-hydroxylation sites is 7. The fourth-order valence-corrected chi connectivity index (χ4v) is 17.9. The maximum Gasteiger partial charge on any atom is 0.252 e. The van der Waals surface area contributed by atoms with Gasteiger partial charge in [-0.1, -0.05) is 174 Å². The summed E-state index contributed by atoms with van der Waals surface area (Å²) in [5.74, 6) is 0.644. The molecule has 2 atom stereocenters. The zero-order chi connectivity index (χ0) is 52.6. The Balaban J connectivity index is 0.966. The smallest absolute Gasteiger partial charge is 0.252 e. The molecule has 0 bridgehead atoms. The van der Waals surface area contributed by atoms with Gasteiger partial charge in [-0.05, 0) is 122 Å². The zero-order valence-corrected chi connectivity index (χ0v) is 45.2. The lowest BCUT2D eigenvalue weighted by Crippen LogP contribution is -2.66. The van der Waals surface area contributed by atoms with Crippen molar-refractivity contribution in [2.24, 2.45) is 11.8 Å². The summed E-state index contributed by atoms with van der Waals surface area (Å²) in [6.07, 6.45) is 7.17. The largest absolute Gasteiger partial charge is 0.314 e. The van der Waals surface area contributed by atoms with Crippen molar-refractivity contribution in [1.29, 1.82) is 0 Å². The van der Waals surface area contributed by atoms with Gasteiger partial charge in [0.1, 0.15) is 0 Å². The molecule has 0 saturated carbocycles. The van der Waals surface area contributed by atoms with Crippen LogP contribution in [0.1, 0.15) is 51.3 Å². The number of fused-ring (bicyclic) bond motifs is 17. The van der Waals surface area contributed by atoms with Gasteiger partial charge >= 0.3 is 0 Å². The van der Waals surface area contributed by atoms with Crippen molar-refractivity contribution in [3.05, 3.63) is 229 Å². The average molecular weight is 1020 g/mol. The zero-order valence-electron chi connectivity index (χ0n) is 45.2. The quantitative estimate of drug-likeness (QED) is 0.161. The van der Waals surface area contributed by atoms with Crippen LogP contribution in [-0.4, -0.2) is 27.1 Å². The molecule has 0 spiro atoms. The predicted octanol–water partition coefficient (Wildman–Crippen LogP) is 13.5. The summed E-state index contributed by atoms with van der Waals surface area (Å²) in [6.45, 7) is 12.2. The van der Waals surface area contributed by atoms with Gasteiger partial charge in [-0.15, -0.1) is 0 Å². The van der Waals surface area contributed by atoms with E-state index in [1.54, 1.807) is 0 Å². The molecule has 6 aliphatic heterocycles. The Hall–Kier alpha value is -9.19. The third-order valence-electron chi connectivity index (χ3n) is 20.9. The van der Waals surface area contributed by atoms with Crippen LogP contribution in [0.15, 0.2) is 212 Å². The standard InChI is InChI=1S/C73H51B2N5/c1-40-18-14-33-61-64(40)73(4,5)51-25-9-13-32-60(51)77(61)42-37-48-47-36-41(76-58-30-11-7-23-49(58)72(2,3)50-24-8-12-31-59(50)76)34-35-57(47)79-63-39-62-65-71-66(63)75(55(38-42)70(48)79)54-28-17-22-46-45-21-16-27-53(68(45)80(71)69(46)54)74(65)52-26-15-20-44-43-19-6-10-29-56(43)78(62)67(44)52/h6-40,64H,1-5H3. The Labute approximate surface area is 464 Å². The van der Waals surface area contributed by atoms with Gasteiger partial charge in [-0.25, -0.2) is 0 Å². The molecule has 0 radical (unpaired) electrons. The maximum atomic E-state index is 2.74. The Morgan fingerprint density at radius 3 is 1.57 bits per heavy atom. The highest BCUT2D eigenvalue weighted by atomic mass is 15.2. The molecule has 0 N–H and O–H groups in total. The molecule has 10 aromatic carbocycles. The second-order valence-corrected chi connectivity index (χ2v) is 25.2. The van der Waals surface area contributed by atoms with E-state index in [0.29, 0.717) is 5.92 Å². The van der Waals surface area contributed by atoms with Crippen LogP contribution in [0.25, 0.3) is 82.5 Å². The van der Waals surface area contributed by atoms with Crippen molar-refractivity contribution in [3.8, 4) is 17.1 Å². The van der Waals surface area contributed by atoms with Crippen LogP contribution < -0.4 is 42.6 Å². The highest BCUT2D eigenvalue weighted by Gasteiger charge is 2.51. The molecule has 3 aromatic heterocycles. The monoisotopic (exact) mass is 1020 g/mol. The fourth-order valence-electron chi connectivity index (χ4n) is 17.9. The first-order chi connectivity index (χ1) is 39.2. The molecule has 80 heavy (non-hydrogen) atoms. The van der Waals surface area contributed by atoms with Gasteiger partial charge in [0.2, 0.25) is 0 Å². The van der Waals surface area contributed by atoms with Gasteiger partial charge in [0.25, 0.3) is 13.4 Å². The van der Waals surface area contributed by atoms with Crippen molar-refractivity contribution in [3.63, 3.8) is 0 Å². The van der Waals surface area contributed by atoms with E-state index in [9.17, 15) is 0 Å². The molecule has 1 aliphatic carbocycles. The van der Waals surface area contributed by atoms with Crippen LogP contribution in [0.4, 0.5) is 28.4 Å². The summed E-state index contributed by atoms with van der Waals surface area (Å²) in [6, 6.07) is 73.3. The summed E-state index contributed by atoms with van der Waals surface area (Å²) in [5, 5.41) is 7.83. The van der Waals surface area contributed by atoms with Crippen molar-refractivity contribution < 1.29 is 0 Å². The number of anilines is 5.